The van der Waals surface area contributed by atoms with E-state index in [1.165, 1.54) is 17.1 Å². The van der Waals surface area contributed by atoms with Crippen molar-refractivity contribution in [3.05, 3.63) is 48.2 Å². The summed E-state index contributed by atoms with van der Waals surface area (Å²) in [5.41, 5.74) is 2.36. The molecule has 1 aromatic carbocycles. The van der Waals surface area contributed by atoms with Crippen LogP contribution in [0.4, 0.5) is 5.82 Å². The van der Waals surface area contributed by atoms with Crippen molar-refractivity contribution in [1.29, 1.82) is 0 Å². The average molecular weight is 211 g/mol. The van der Waals surface area contributed by atoms with Crippen LogP contribution in [0.2, 0.25) is 0 Å². The molecule has 16 heavy (non-hydrogen) atoms. The van der Waals surface area contributed by atoms with E-state index in [2.05, 4.69) is 58.0 Å². The van der Waals surface area contributed by atoms with Gasteiger partial charge in [0.25, 0.3) is 0 Å². The predicted molar refractivity (Wildman–Crippen MR) is 66.6 cm³/mol. The van der Waals surface area contributed by atoms with Gasteiger partial charge in [0.1, 0.15) is 12.5 Å². The minimum atomic E-state index is 0.726. The van der Waals surface area contributed by atoms with Crippen LogP contribution in [0, 0.1) is 0 Å². The third kappa shape index (κ3) is 1.33. The number of aromatic nitrogens is 1. The van der Waals surface area contributed by atoms with Crippen molar-refractivity contribution in [3.63, 3.8) is 0 Å². The normalized spacial score (nSPS) is 13.9. The van der Waals surface area contributed by atoms with E-state index in [0.29, 0.717) is 0 Å². The summed E-state index contributed by atoms with van der Waals surface area (Å²) in [6, 6.07) is 12.5. The highest BCUT2D eigenvalue weighted by atomic mass is 15.3. The van der Waals surface area contributed by atoms with E-state index in [4.69, 9.17) is 0 Å². The van der Waals surface area contributed by atoms with Crippen LogP contribution in [-0.4, -0.2) is 24.5 Å². The Labute approximate surface area is 94.7 Å². The third-order valence-corrected chi connectivity index (χ3v) is 2.81. The van der Waals surface area contributed by atoms with Crippen LogP contribution in [0.25, 0.3) is 5.69 Å². The Morgan fingerprint density at radius 3 is 2.75 bits per heavy atom. The molecule has 0 amide bonds. The van der Waals surface area contributed by atoms with Gasteiger partial charge in [-0.3, -0.25) is 4.99 Å². The lowest BCUT2D eigenvalue weighted by Gasteiger charge is -2.23. The predicted octanol–water partition coefficient (Wildman–Crippen LogP) is 2.30. The van der Waals surface area contributed by atoms with Gasteiger partial charge in [0.05, 0.1) is 0 Å². The Balaban J connectivity index is 2.17. The number of rotatable bonds is 1. The molecule has 0 fully saturated rings. The first-order chi connectivity index (χ1) is 7.86. The van der Waals surface area contributed by atoms with Crippen LogP contribution >= 0.6 is 0 Å². The van der Waals surface area contributed by atoms with E-state index in [-0.39, 0.29) is 0 Å². The van der Waals surface area contributed by atoms with E-state index >= 15 is 0 Å². The molecule has 0 saturated heterocycles. The number of para-hydroxylation sites is 1. The fourth-order valence-corrected chi connectivity index (χ4v) is 2.07. The zero-order chi connectivity index (χ0) is 11.0. The molecule has 1 aliphatic rings. The number of aliphatic imine (C=N–C) groups is 1. The number of nitrogens with zero attached hydrogens (tertiary/aromatic N) is 3. The molecule has 0 unspecified atom stereocenters. The Bertz CT molecular complexity index is 525. The van der Waals surface area contributed by atoms with Crippen molar-refractivity contribution in [1.82, 2.24) is 4.57 Å². The standard InChI is InChI=1S/C13H13N3/c1-15-10-14-9-11-7-8-16(13(11)15)12-5-3-2-4-6-12/h2-9H,10H2,1H3. The van der Waals surface area contributed by atoms with Gasteiger partial charge in [-0.15, -0.1) is 0 Å². The second kappa shape index (κ2) is 3.52. The topological polar surface area (TPSA) is 20.5 Å². The molecule has 0 radical (unpaired) electrons. The quantitative estimate of drug-likeness (QED) is 0.709. The molecule has 1 aromatic heterocycles. The molecule has 0 aliphatic carbocycles. The number of anilines is 1. The van der Waals surface area contributed by atoms with Gasteiger partial charge in [0.15, 0.2) is 0 Å². The summed E-state index contributed by atoms with van der Waals surface area (Å²) < 4.78 is 2.19. The minimum Gasteiger partial charge on any atom is -0.341 e. The average Bonchev–Trinajstić information content (AvgIpc) is 2.75. The SMILES string of the molecule is CN1CN=Cc2ccn(-c3ccccc3)c21. The summed E-state index contributed by atoms with van der Waals surface area (Å²) in [6.07, 6.45) is 4.03. The van der Waals surface area contributed by atoms with Gasteiger partial charge < -0.3 is 9.47 Å². The van der Waals surface area contributed by atoms with Gasteiger partial charge in [-0.2, -0.15) is 0 Å². The van der Waals surface area contributed by atoms with Gasteiger partial charge in [0, 0.05) is 30.7 Å². The Kier molecular flexibility index (Phi) is 2.03. The van der Waals surface area contributed by atoms with Crippen LogP contribution in [-0.2, 0) is 0 Å². The van der Waals surface area contributed by atoms with E-state index < -0.39 is 0 Å². The highest BCUT2D eigenvalue weighted by Gasteiger charge is 2.15. The molecule has 1 aliphatic heterocycles. The zero-order valence-electron chi connectivity index (χ0n) is 9.17. The molecule has 0 N–H and O–H groups in total. The summed E-state index contributed by atoms with van der Waals surface area (Å²) in [6.45, 7) is 0.726. The summed E-state index contributed by atoms with van der Waals surface area (Å²) >= 11 is 0. The van der Waals surface area contributed by atoms with Crippen molar-refractivity contribution in [3.8, 4) is 5.69 Å². The molecule has 0 bridgehead atoms. The molecule has 3 nitrogen and oxygen atoms in total. The van der Waals surface area contributed by atoms with Crippen LogP contribution in [0.15, 0.2) is 47.6 Å². The Morgan fingerprint density at radius 1 is 1.12 bits per heavy atom. The highest BCUT2D eigenvalue weighted by molar-refractivity contribution is 5.89. The number of hydrogen-bond donors (Lipinski definition) is 0. The largest absolute Gasteiger partial charge is 0.341 e. The maximum atomic E-state index is 4.29. The highest BCUT2D eigenvalue weighted by Crippen LogP contribution is 2.26. The van der Waals surface area contributed by atoms with E-state index in [1.54, 1.807) is 0 Å². The molecular formula is C13H13N3. The number of fused-ring (bicyclic) bond motifs is 1. The maximum absolute atomic E-state index is 4.29. The molecule has 0 atom stereocenters. The van der Waals surface area contributed by atoms with Crippen molar-refractivity contribution in [2.75, 3.05) is 18.6 Å². The van der Waals surface area contributed by atoms with E-state index in [1.807, 2.05) is 12.3 Å². The second-order valence-corrected chi connectivity index (χ2v) is 3.95. The van der Waals surface area contributed by atoms with Crippen LogP contribution in [0.3, 0.4) is 0 Å². The Morgan fingerprint density at radius 2 is 1.94 bits per heavy atom. The number of benzene rings is 1. The summed E-state index contributed by atoms with van der Waals surface area (Å²) in [7, 11) is 2.06. The lowest BCUT2D eigenvalue weighted by atomic mass is 10.3. The Hall–Kier alpha value is -2.03. The monoisotopic (exact) mass is 211 g/mol. The minimum absolute atomic E-state index is 0.726. The van der Waals surface area contributed by atoms with Gasteiger partial charge in [-0.05, 0) is 18.2 Å². The van der Waals surface area contributed by atoms with E-state index in [0.717, 1.165) is 6.67 Å². The van der Waals surface area contributed by atoms with Crippen molar-refractivity contribution in [2.45, 2.75) is 0 Å². The smallest absolute Gasteiger partial charge is 0.123 e. The van der Waals surface area contributed by atoms with Gasteiger partial charge in [0.2, 0.25) is 0 Å². The fraction of sp³-hybridized carbons (Fsp3) is 0.154. The first kappa shape index (κ1) is 9.21. The second-order valence-electron chi connectivity index (χ2n) is 3.95. The first-order valence-corrected chi connectivity index (χ1v) is 5.34. The van der Waals surface area contributed by atoms with Crippen LogP contribution < -0.4 is 4.90 Å². The zero-order valence-corrected chi connectivity index (χ0v) is 9.17. The molecule has 2 heterocycles. The third-order valence-electron chi connectivity index (χ3n) is 2.81. The van der Waals surface area contributed by atoms with Crippen LogP contribution in [0.5, 0.6) is 0 Å². The fourth-order valence-electron chi connectivity index (χ4n) is 2.07. The maximum Gasteiger partial charge on any atom is 0.123 e. The lowest BCUT2D eigenvalue weighted by molar-refractivity contribution is 0.872. The van der Waals surface area contributed by atoms with E-state index in [9.17, 15) is 0 Å². The summed E-state index contributed by atoms with van der Waals surface area (Å²) in [5, 5.41) is 0. The van der Waals surface area contributed by atoms with Crippen molar-refractivity contribution in [2.24, 2.45) is 4.99 Å². The molecule has 0 spiro atoms. The molecule has 80 valence electrons. The first-order valence-electron chi connectivity index (χ1n) is 5.34. The molecule has 0 saturated carbocycles. The van der Waals surface area contributed by atoms with Gasteiger partial charge >= 0.3 is 0 Å². The lowest BCUT2D eigenvalue weighted by Crippen LogP contribution is -2.23. The molecule has 3 heteroatoms. The molecule has 2 aromatic rings. The van der Waals surface area contributed by atoms with Gasteiger partial charge in [-0.1, -0.05) is 18.2 Å². The van der Waals surface area contributed by atoms with Crippen molar-refractivity contribution < 1.29 is 0 Å². The van der Waals surface area contributed by atoms with Gasteiger partial charge in [-0.25, -0.2) is 0 Å². The molecule has 3 rings (SSSR count). The van der Waals surface area contributed by atoms with Crippen molar-refractivity contribution >= 4 is 12.0 Å². The summed E-state index contributed by atoms with van der Waals surface area (Å²) in [4.78, 5) is 6.45. The number of hydrogen-bond acceptors (Lipinski definition) is 2. The molecular weight excluding hydrogens is 198 g/mol. The summed E-state index contributed by atoms with van der Waals surface area (Å²) in [5.74, 6) is 1.21. The van der Waals surface area contributed by atoms with Crippen LogP contribution in [0.1, 0.15) is 5.56 Å².